The molecule has 0 bridgehead atoms. The van der Waals surface area contributed by atoms with Crippen molar-refractivity contribution in [2.24, 2.45) is 5.92 Å². The zero-order chi connectivity index (χ0) is 14.2. The Balaban J connectivity index is 2.34. The second-order valence-corrected chi connectivity index (χ2v) is 5.27. The summed E-state index contributed by atoms with van der Waals surface area (Å²) >= 11 is 0. The Morgan fingerprint density at radius 2 is 2.21 bits per heavy atom. The molecular weight excluding hydrogens is 250 g/mol. The van der Waals surface area contributed by atoms with Crippen molar-refractivity contribution in [1.82, 2.24) is 4.98 Å². The smallest absolute Gasteiger partial charge is 0.339 e. The number of nitrogens with zero attached hydrogens (tertiary/aromatic N) is 2. The van der Waals surface area contributed by atoms with Crippen LogP contribution < -0.4 is 5.32 Å². The van der Waals surface area contributed by atoms with Crippen molar-refractivity contribution in [2.45, 2.75) is 32.2 Å². The van der Waals surface area contributed by atoms with Crippen molar-refractivity contribution < 1.29 is 14.8 Å². The highest BCUT2D eigenvalue weighted by Crippen LogP contribution is 2.41. The highest BCUT2D eigenvalue weighted by molar-refractivity contribution is 5.93. The van der Waals surface area contributed by atoms with Gasteiger partial charge in [-0.1, -0.05) is 0 Å². The Morgan fingerprint density at radius 3 is 2.68 bits per heavy atom. The highest BCUT2D eigenvalue weighted by atomic mass is 16.6. The van der Waals surface area contributed by atoms with Gasteiger partial charge in [0, 0.05) is 11.6 Å². The highest BCUT2D eigenvalue weighted by Gasteiger charge is 2.38. The van der Waals surface area contributed by atoms with Gasteiger partial charge in [0.1, 0.15) is 17.6 Å². The summed E-state index contributed by atoms with van der Waals surface area (Å²) in [6.45, 7) is 3.94. The quantitative estimate of drug-likeness (QED) is 0.625. The fourth-order valence-electron chi connectivity index (χ4n) is 2.03. The van der Waals surface area contributed by atoms with Gasteiger partial charge in [0.25, 0.3) is 5.69 Å². The zero-order valence-corrected chi connectivity index (χ0v) is 10.7. The maximum Gasteiger partial charge on any atom is 0.339 e. The van der Waals surface area contributed by atoms with E-state index in [0.717, 1.165) is 25.1 Å². The van der Waals surface area contributed by atoms with Crippen LogP contribution in [0.1, 0.15) is 37.0 Å². The third-order valence-corrected chi connectivity index (χ3v) is 3.35. The lowest BCUT2D eigenvalue weighted by Crippen LogP contribution is -2.34. The Kier molecular flexibility index (Phi) is 3.13. The molecule has 1 aromatic rings. The molecule has 19 heavy (non-hydrogen) atoms. The average molecular weight is 265 g/mol. The first-order valence-corrected chi connectivity index (χ1v) is 5.97. The summed E-state index contributed by atoms with van der Waals surface area (Å²) in [5, 5.41) is 22.8. The number of hydrogen-bond acceptors (Lipinski definition) is 5. The first kappa shape index (κ1) is 13.3. The normalized spacial score (nSPS) is 15.1. The molecule has 1 saturated carbocycles. The average Bonchev–Trinajstić information content (AvgIpc) is 3.12. The minimum Gasteiger partial charge on any atom is -0.478 e. The number of nitro groups is 1. The molecule has 1 fully saturated rings. The van der Waals surface area contributed by atoms with Crippen LogP contribution in [-0.4, -0.2) is 26.5 Å². The van der Waals surface area contributed by atoms with Crippen LogP contribution in [0.2, 0.25) is 0 Å². The molecule has 7 heteroatoms. The summed E-state index contributed by atoms with van der Waals surface area (Å²) in [6.07, 6.45) is 3.25. The van der Waals surface area contributed by atoms with Crippen LogP contribution in [0.25, 0.3) is 0 Å². The predicted octanol–water partition coefficient (Wildman–Crippen LogP) is 2.29. The van der Waals surface area contributed by atoms with Crippen molar-refractivity contribution in [3.63, 3.8) is 0 Å². The van der Waals surface area contributed by atoms with E-state index in [2.05, 4.69) is 10.3 Å². The standard InChI is InChI=1S/C12H15N3O4/c1-12(2,7-3-4-7)14-10-9(11(16)17)5-8(6-13-10)15(18)19/h5-7H,3-4H2,1-2H3,(H,13,14)(H,16,17). The van der Waals surface area contributed by atoms with Gasteiger partial charge in [0.15, 0.2) is 0 Å². The predicted molar refractivity (Wildman–Crippen MR) is 68.3 cm³/mol. The van der Waals surface area contributed by atoms with Gasteiger partial charge < -0.3 is 10.4 Å². The number of carboxylic acid groups (broad SMARTS) is 1. The number of carbonyl (C=O) groups is 1. The minimum absolute atomic E-state index is 0.176. The lowest BCUT2D eigenvalue weighted by atomic mass is 9.98. The first-order valence-electron chi connectivity index (χ1n) is 5.97. The van der Waals surface area contributed by atoms with Crippen LogP contribution in [0.15, 0.2) is 12.3 Å². The summed E-state index contributed by atoms with van der Waals surface area (Å²) in [5.41, 5.74) is -0.775. The van der Waals surface area contributed by atoms with Gasteiger partial charge >= 0.3 is 5.97 Å². The molecular formula is C12H15N3O4. The molecule has 0 spiro atoms. The summed E-state index contributed by atoms with van der Waals surface area (Å²) in [7, 11) is 0. The SMILES string of the molecule is CC(C)(Nc1ncc([N+](=O)[O-])cc1C(=O)O)C1CC1. The molecule has 1 aliphatic rings. The number of nitrogens with one attached hydrogen (secondary N) is 1. The van der Waals surface area contributed by atoms with E-state index in [1.54, 1.807) is 0 Å². The van der Waals surface area contributed by atoms with Gasteiger partial charge in [-0.15, -0.1) is 0 Å². The third-order valence-electron chi connectivity index (χ3n) is 3.35. The van der Waals surface area contributed by atoms with Gasteiger partial charge in [0.05, 0.1) is 4.92 Å². The fourth-order valence-corrected chi connectivity index (χ4v) is 2.03. The summed E-state index contributed by atoms with van der Waals surface area (Å²) in [5.74, 6) is -0.577. The third kappa shape index (κ3) is 2.81. The molecule has 1 aromatic heterocycles. The monoisotopic (exact) mass is 265 g/mol. The van der Waals surface area contributed by atoms with E-state index in [9.17, 15) is 14.9 Å². The van der Waals surface area contributed by atoms with E-state index in [-0.39, 0.29) is 22.6 Å². The zero-order valence-electron chi connectivity index (χ0n) is 10.7. The Bertz CT molecular complexity index is 538. The van der Waals surface area contributed by atoms with Crippen LogP contribution in [0, 0.1) is 16.0 Å². The lowest BCUT2D eigenvalue weighted by molar-refractivity contribution is -0.385. The van der Waals surface area contributed by atoms with Crippen LogP contribution in [0.5, 0.6) is 0 Å². The number of anilines is 1. The molecule has 7 nitrogen and oxygen atoms in total. The van der Waals surface area contributed by atoms with E-state index in [1.165, 1.54) is 0 Å². The Hall–Kier alpha value is -2.18. The molecule has 2 N–H and O–H groups in total. The maximum atomic E-state index is 11.2. The number of carboxylic acids is 1. The van der Waals surface area contributed by atoms with E-state index in [1.807, 2.05) is 13.8 Å². The number of hydrogen-bond donors (Lipinski definition) is 2. The first-order chi connectivity index (χ1) is 8.81. The Morgan fingerprint density at radius 1 is 1.58 bits per heavy atom. The van der Waals surface area contributed by atoms with Crippen LogP contribution >= 0.6 is 0 Å². The van der Waals surface area contributed by atoms with E-state index >= 15 is 0 Å². The second kappa shape index (κ2) is 4.49. The summed E-state index contributed by atoms with van der Waals surface area (Å²) < 4.78 is 0. The molecule has 0 saturated heterocycles. The number of pyridine rings is 1. The molecule has 2 rings (SSSR count). The van der Waals surface area contributed by atoms with Crippen LogP contribution in [0.4, 0.5) is 11.5 Å². The van der Waals surface area contributed by atoms with Gasteiger partial charge in [-0.25, -0.2) is 9.78 Å². The number of rotatable bonds is 5. The van der Waals surface area contributed by atoms with E-state index < -0.39 is 10.9 Å². The number of aromatic carboxylic acids is 1. The van der Waals surface area contributed by atoms with Crippen molar-refractivity contribution in [3.8, 4) is 0 Å². The second-order valence-electron chi connectivity index (χ2n) is 5.27. The molecule has 0 amide bonds. The molecule has 0 atom stereocenters. The maximum absolute atomic E-state index is 11.2. The molecule has 1 aliphatic carbocycles. The van der Waals surface area contributed by atoms with Gasteiger partial charge in [-0.05, 0) is 32.6 Å². The molecule has 0 aliphatic heterocycles. The lowest BCUT2D eigenvalue weighted by Gasteiger charge is -2.27. The van der Waals surface area contributed by atoms with Crippen LogP contribution in [-0.2, 0) is 0 Å². The van der Waals surface area contributed by atoms with Crippen LogP contribution in [0.3, 0.4) is 0 Å². The van der Waals surface area contributed by atoms with Crippen molar-refractivity contribution in [1.29, 1.82) is 0 Å². The minimum atomic E-state index is -1.23. The summed E-state index contributed by atoms with van der Waals surface area (Å²) in [6, 6.07) is 1.03. The molecule has 0 aromatic carbocycles. The van der Waals surface area contributed by atoms with Gasteiger partial charge in [0.2, 0.25) is 0 Å². The largest absolute Gasteiger partial charge is 0.478 e. The molecule has 102 valence electrons. The van der Waals surface area contributed by atoms with Crippen molar-refractivity contribution in [3.05, 3.63) is 27.9 Å². The van der Waals surface area contributed by atoms with Gasteiger partial charge in [-0.3, -0.25) is 10.1 Å². The van der Waals surface area contributed by atoms with E-state index in [0.29, 0.717) is 5.92 Å². The Labute approximate surface area is 109 Å². The fraction of sp³-hybridized carbons (Fsp3) is 0.500. The van der Waals surface area contributed by atoms with Crippen molar-refractivity contribution in [2.75, 3.05) is 5.32 Å². The van der Waals surface area contributed by atoms with E-state index in [4.69, 9.17) is 5.11 Å². The molecule has 1 heterocycles. The number of aromatic nitrogens is 1. The molecule has 0 unspecified atom stereocenters. The van der Waals surface area contributed by atoms with Gasteiger partial charge in [-0.2, -0.15) is 0 Å². The van der Waals surface area contributed by atoms with Crippen molar-refractivity contribution >= 4 is 17.5 Å². The molecule has 0 radical (unpaired) electrons. The summed E-state index contributed by atoms with van der Waals surface area (Å²) in [4.78, 5) is 25.0. The topological polar surface area (TPSA) is 105 Å².